The van der Waals surface area contributed by atoms with E-state index in [2.05, 4.69) is 5.32 Å². The molecule has 0 amide bonds. The van der Waals surface area contributed by atoms with Gasteiger partial charge in [-0.3, -0.25) is 4.90 Å². The van der Waals surface area contributed by atoms with Crippen LogP contribution in [0.2, 0.25) is 0 Å². The van der Waals surface area contributed by atoms with E-state index in [1.165, 1.54) is 11.0 Å². The topological polar surface area (TPSA) is 59.3 Å². The maximum atomic E-state index is 13.3. The van der Waals surface area contributed by atoms with Crippen LogP contribution in [0.3, 0.4) is 0 Å². The summed E-state index contributed by atoms with van der Waals surface area (Å²) in [6.07, 6.45) is -2.74. The molecule has 1 aromatic carbocycles. The molecule has 1 fully saturated rings. The van der Waals surface area contributed by atoms with Crippen molar-refractivity contribution in [3.63, 3.8) is 0 Å². The van der Waals surface area contributed by atoms with E-state index in [1.54, 1.807) is 0 Å². The number of nitrogens with zero attached hydrogens (tertiary/aromatic N) is 2. The minimum atomic E-state index is -2.74. The minimum Gasteiger partial charge on any atom is -0.506 e. The predicted molar refractivity (Wildman–Crippen MR) is 80.5 cm³/mol. The standard InChI is InChI=1S/C13H14F3N3O.2ClH/c14-10-2-1-8(12(20)9(10)7-17)11(13(15)16)19-5-3-18-4-6-19;;/h1-2,11,13,18,20H,3-6H2;2*1H/t11-;;/m1../s1. The van der Waals surface area contributed by atoms with E-state index in [0.717, 1.165) is 12.1 Å². The Morgan fingerprint density at radius 3 is 2.32 bits per heavy atom. The van der Waals surface area contributed by atoms with Gasteiger partial charge in [0, 0.05) is 31.7 Å². The molecule has 1 atom stereocenters. The summed E-state index contributed by atoms with van der Waals surface area (Å²) in [5.74, 6) is -1.61. The number of alkyl halides is 2. The quantitative estimate of drug-likeness (QED) is 0.872. The molecule has 1 aliphatic rings. The number of benzene rings is 1. The number of aromatic hydroxyl groups is 1. The van der Waals surface area contributed by atoms with E-state index in [0.29, 0.717) is 26.2 Å². The zero-order valence-corrected chi connectivity index (χ0v) is 13.1. The number of piperazine rings is 1. The van der Waals surface area contributed by atoms with E-state index in [-0.39, 0.29) is 30.4 Å². The lowest BCUT2D eigenvalue weighted by Gasteiger charge is -2.35. The van der Waals surface area contributed by atoms with Gasteiger partial charge in [0.05, 0.1) is 0 Å². The molecule has 1 heterocycles. The first-order chi connectivity index (χ1) is 9.56. The summed E-state index contributed by atoms with van der Waals surface area (Å²) in [7, 11) is 0. The first-order valence-corrected chi connectivity index (χ1v) is 6.20. The minimum absolute atomic E-state index is 0. The van der Waals surface area contributed by atoms with Crippen molar-refractivity contribution in [3.05, 3.63) is 29.1 Å². The van der Waals surface area contributed by atoms with Crippen molar-refractivity contribution >= 4 is 24.8 Å². The van der Waals surface area contributed by atoms with Gasteiger partial charge in [-0.2, -0.15) is 5.26 Å². The Balaban J connectivity index is 0.00000220. The molecule has 0 bridgehead atoms. The fourth-order valence-corrected chi connectivity index (χ4v) is 2.38. The highest BCUT2D eigenvalue weighted by Crippen LogP contribution is 2.36. The van der Waals surface area contributed by atoms with Crippen molar-refractivity contribution in [2.75, 3.05) is 26.2 Å². The lowest BCUT2D eigenvalue weighted by atomic mass is 10.0. The van der Waals surface area contributed by atoms with Gasteiger partial charge in [0.15, 0.2) is 0 Å². The number of phenols is 1. The van der Waals surface area contributed by atoms with Gasteiger partial charge in [-0.25, -0.2) is 13.2 Å². The van der Waals surface area contributed by atoms with Crippen LogP contribution in [-0.4, -0.2) is 42.6 Å². The number of phenolic OH excluding ortho intramolecular Hbond substituents is 1. The van der Waals surface area contributed by atoms with Crippen LogP contribution in [0.25, 0.3) is 0 Å². The molecule has 0 unspecified atom stereocenters. The number of hydrogen-bond acceptors (Lipinski definition) is 4. The first-order valence-electron chi connectivity index (χ1n) is 6.20. The number of nitrogens with one attached hydrogen (secondary N) is 1. The van der Waals surface area contributed by atoms with Crippen molar-refractivity contribution in [2.45, 2.75) is 12.5 Å². The molecule has 2 rings (SSSR count). The third kappa shape index (κ3) is 4.17. The SMILES string of the molecule is Cl.Cl.N#Cc1c(F)ccc([C@H](C(F)F)N2CCNCC2)c1O. The lowest BCUT2D eigenvalue weighted by Crippen LogP contribution is -2.46. The molecule has 0 aliphatic carbocycles. The zero-order valence-electron chi connectivity index (χ0n) is 11.4. The maximum absolute atomic E-state index is 13.3. The number of hydrogen-bond donors (Lipinski definition) is 2. The molecule has 0 spiro atoms. The second-order valence-corrected chi connectivity index (χ2v) is 4.54. The Morgan fingerprint density at radius 1 is 1.23 bits per heavy atom. The Kier molecular flexibility index (Phi) is 8.56. The molecular weight excluding hydrogens is 342 g/mol. The summed E-state index contributed by atoms with van der Waals surface area (Å²) in [5.41, 5.74) is -0.705. The highest BCUT2D eigenvalue weighted by Gasteiger charge is 2.33. The largest absolute Gasteiger partial charge is 0.506 e. The molecule has 1 aliphatic heterocycles. The second kappa shape index (κ2) is 9.06. The van der Waals surface area contributed by atoms with Crippen molar-refractivity contribution in [1.82, 2.24) is 10.2 Å². The highest BCUT2D eigenvalue weighted by molar-refractivity contribution is 5.85. The molecular formula is C13H16Cl2F3N3O. The van der Waals surface area contributed by atoms with E-state index >= 15 is 0 Å². The van der Waals surface area contributed by atoms with Crippen LogP contribution < -0.4 is 5.32 Å². The highest BCUT2D eigenvalue weighted by atomic mass is 35.5. The Hall–Kier alpha value is -1.20. The van der Waals surface area contributed by atoms with Gasteiger partial charge in [-0.1, -0.05) is 6.07 Å². The van der Waals surface area contributed by atoms with E-state index in [9.17, 15) is 18.3 Å². The average Bonchev–Trinajstić information content (AvgIpc) is 2.43. The molecule has 0 saturated carbocycles. The third-order valence-electron chi connectivity index (χ3n) is 3.37. The lowest BCUT2D eigenvalue weighted by molar-refractivity contribution is 0.0169. The van der Waals surface area contributed by atoms with E-state index in [1.807, 2.05) is 0 Å². The average molecular weight is 358 g/mol. The van der Waals surface area contributed by atoms with Crippen LogP contribution in [0, 0.1) is 17.1 Å². The van der Waals surface area contributed by atoms with Crippen LogP contribution in [0.4, 0.5) is 13.2 Å². The van der Waals surface area contributed by atoms with Crippen LogP contribution in [0.15, 0.2) is 12.1 Å². The molecule has 0 radical (unpaired) electrons. The monoisotopic (exact) mass is 357 g/mol. The number of nitriles is 1. The van der Waals surface area contributed by atoms with Crippen LogP contribution >= 0.6 is 24.8 Å². The zero-order chi connectivity index (χ0) is 14.7. The van der Waals surface area contributed by atoms with Crippen LogP contribution in [0.1, 0.15) is 17.2 Å². The molecule has 1 saturated heterocycles. The van der Waals surface area contributed by atoms with Gasteiger partial charge in [-0.15, -0.1) is 24.8 Å². The summed E-state index contributed by atoms with van der Waals surface area (Å²) >= 11 is 0. The van der Waals surface area contributed by atoms with Gasteiger partial charge < -0.3 is 10.4 Å². The van der Waals surface area contributed by atoms with Crippen molar-refractivity contribution < 1.29 is 18.3 Å². The summed E-state index contributed by atoms with van der Waals surface area (Å²) in [4.78, 5) is 1.52. The van der Waals surface area contributed by atoms with Crippen molar-refractivity contribution in [3.8, 4) is 11.8 Å². The molecule has 124 valence electrons. The maximum Gasteiger partial charge on any atom is 0.258 e. The van der Waals surface area contributed by atoms with E-state index in [4.69, 9.17) is 5.26 Å². The van der Waals surface area contributed by atoms with E-state index < -0.39 is 29.6 Å². The molecule has 0 aromatic heterocycles. The number of halogens is 5. The summed E-state index contributed by atoms with van der Waals surface area (Å²) in [5, 5.41) is 21.7. The van der Waals surface area contributed by atoms with Gasteiger partial charge in [-0.05, 0) is 6.07 Å². The smallest absolute Gasteiger partial charge is 0.258 e. The first kappa shape index (κ1) is 20.8. The predicted octanol–water partition coefficient (Wildman–Crippen LogP) is 2.46. The molecule has 2 N–H and O–H groups in total. The summed E-state index contributed by atoms with van der Waals surface area (Å²) < 4.78 is 40.0. The van der Waals surface area contributed by atoms with Crippen LogP contribution in [-0.2, 0) is 0 Å². The van der Waals surface area contributed by atoms with Gasteiger partial charge >= 0.3 is 0 Å². The molecule has 9 heteroatoms. The molecule has 22 heavy (non-hydrogen) atoms. The summed E-state index contributed by atoms with van der Waals surface area (Å²) in [6, 6.07) is 2.21. The second-order valence-electron chi connectivity index (χ2n) is 4.54. The van der Waals surface area contributed by atoms with Gasteiger partial charge in [0.2, 0.25) is 0 Å². The van der Waals surface area contributed by atoms with Gasteiger partial charge in [0.1, 0.15) is 29.2 Å². The Morgan fingerprint density at radius 2 is 1.82 bits per heavy atom. The van der Waals surface area contributed by atoms with Crippen LogP contribution in [0.5, 0.6) is 5.75 Å². The number of rotatable bonds is 3. The third-order valence-corrected chi connectivity index (χ3v) is 3.37. The Bertz CT molecular complexity index is 534. The summed E-state index contributed by atoms with van der Waals surface area (Å²) in [6.45, 7) is 1.92. The van der Waals surface area contributed by atoms with Crippen molar-refractivity contribution in [2.24, 2.45) is 0 Å². The Labute approximate surface area is 138 Å². The molecule has 4 nitrogen and oxygen atoms in total. The van der Waals surface area contributed by atoms with Crippen molar-refractivity contribution in [1.29, 1.82) is 5.26 Å². The normalized spacial score (nSPS) is 16.3. The fourth-order valence-electron chi connectivity index (χ4n) is 2.38. The van der Waals surface area contributed by atoms with Gasteiger partial charge in [0.25, 0.3) is 6.43 Å². The molecule has 1 aromatic rings. The fraction of sp³-hybridized carbons (Fsp3) is 0.462.